The van der Waals surface area contributed by atoms with Crippen LogP contribution in [0.15, 0.2) is 48.5 Å². The minimum absolute atomic E-state index is 0.266. The minimum Gasteiger partial charge on any atom is -0.478 e. The van der Waals surface area contributed by atoms with Gasteiger partial charge in [-0.15, -0.1) is 0 Å². The van der Waals surface area contributed by atoms with Crippen LogP contribution in [-0.4, -0.2) is 23.4 Å². The third-order valence-corrected chi connectivity index (χ3v) is 3.73. The van der Waals surface area contributed by atoms with Gasteiger partial charge in [0.25, 0.3) is 0 Å². The molecule has 0 spiro atoms. The lowest BCUT2D eigenvalue weighted by Gasteiger charge is -2.38. The number of carbonyl (C=O) groups is 1. The molecule has 0 unspecified atom stereocenters. The van der Waals surface area contributed by atoms with E-state index >= 15 is 0 Å². The quantitative estimate of drug-likeness (QED) is 0.629. The summed E-state index contributed by atoms with van der Waals surface area (Å²) in [5.74, 6) is -1.47. The van der Waals surface area contributed by atoms with E-state index in [0.717, 1.165) is 12.1 Å². The molecule has 2 rings (SSSR count). The molecule has 0 aliphatic rings. The Balaban J connectivity index is 2.86. The number of nitrogens with two attached hydrogens (primary N) is 1. The molecule has 0 saturated carbocycles. The van der Waals surface area contributed by atoms with Crippen molar-refractivity contribution in [3.05, 3.63) is 65.2 Å². The predicted molar refractivity (Wildman–Crippen MR) is 77.1 cm³/mol. The molecule has 3 nitrogen and oxygen atoms in total. The number of hydrogen-bond donors (Lipinski definition) is 2. The van der Waals surface area contributed by atoms with Crippen LogP contribution >= 0.6 is 0 Å². The summed E-state index contributed by atoms with van der Waals surface area (Å²) < 4.78 is 82.5. The third-order valence-electron chi connectivity index (χ3n) is 3.73. The Morgan fingerprint density at radius 1 is 0.840 bits per heavy atom. The smallest absolute Gasteiger partial charge is 0.411 e. The Labute approximate surface area is 137 Å². The first kappa shape index (κ1) is 18.6. The molecule has 0 aromatic heterocycles. The maximum atomic E-state index is 13.8. The number of rotatable bonds is 3. The Morgan fingerprint density at radius 3 is 1.76 bits per heavy atom. The highest BCUT2D eigenvalue weighted by Gasteiger charge is 2.72. The van der Waals surface area contributed by atoms with Crippen LogP contribution < -0.4 is 5.73 Å². The Hall–Kier alpha value is -2.71. The largest absolute Gasteiger partial charge is 0.478 e. The lowest BCUT2D eigenvalue weighted by molar-refractivity contribution is -0.288. The van der Waals surface area contributed by atoms with E-state index in [1.54, 1.807) is 0 Å². The number of carboxylic acids is 1. The van der Waals surface area contributed by atoms with E-state index in [4.69, 9.17) is 10.8 Å². The summed E-state index contributed by atoms with van der Waals surface area (Å²) >= 11 is 0. The van der Waals surface area contributed by atoms with E-state index in [9.17, 15) is 31.1 Å². The normalized spacial score (nSPS) is 12.9. The van der Waals surface area contributed by atoms with Gasteiger partial charge >= 0.3 is 18.3 Å². The average molecular weight is 363 g/mol. The van der Waals surface area contributed by atoms with E-state index < -0.39 is 40.4 Å². The van der Waals surface area contributed by atoms with Crippen LogP contribution in [0.2, 0.25) is 0 Å². The van der Waals surface area contributed by atoms with Crippen molar-refractivity contribution in [3.63, 3.8) is 0 Å². The molecule has 0 radical (unpaired) electrons. The summed E-state index contributed by atoms with van der Waals surface area (Å²) in [6, 6.07) is 5.83. The van der Waals surface area contributed by atoms with Gasteiger partial charge in [-0.05, 0) is 35.4 Å². The van der Waals surface area contributed by atoms with Gasteiger partial charge in [-0.2, -0.15) is 26.3 Å². The summed E-state index contributed by atoms with van der Waals surface area (Å²) in [4.78, 5) is 10.8. The minimum atomic E-state index is -5.75. The zero-order valence-electron chi connectivity index (χ0n) is 12.3. The fourth-order valence-electron chi connectivity index (χ4n) is 2.62. The van der Waals surface area contributed by atoms with Gasteiger partial charge in [-0.3, -0.25) is 0 Å². The van der Waals surface area contributed by atoms with Crippen LogP contribution in [0.25, 0.3) is 0 Å². The van der Waals surface area contributed by atoms with Crippen molar-refractivity contribution >= 4 is 11.7 Å². The van der Waals surface area contributed by atoms with Crippen LogP contribution in [0.4, 0.5) is 32.0 Å². The van der Waals surface area contributed by atoms with Gasteiger partial charge in [0.05, 0.1) is 5.56 Å². The van der Waals surface area contributed by atoms with Gasteiger partial charge in [0.15, 0.2) is 0 Å². The second kappa shape index (κ2) is 5.98. The molecule has 0 fully saturated rings. The summed E-state index contributed by atoms with van der Waals surface area (Å²) in [5.41, 5.74) is -1.92. The first-order valence-corrected chi connectivity index (χ1v) is 6.74. The van der Waals surface area contributed by atoms with E-state index in [1.807, 2.05) is 0 Å². The highest BCUT2D eigenvalue weighted by molar-refractivity contribution is 5.87. The second-order valence-electron chi connectivity index (χ2n) is 5.25. The van der Waals surface area contributed by atoms with Gasteiger partial charge in [0, 0.05) is 5.69 Å². The van der Waals surface area contributed by atoms with Crippen LogP contribution in [0.5, 0.6) is 0 Å². The van der Waals surface area contributed by atoms with Gasteiger partial charge in [-0.1, -0.05) is 24.3 Å². The fourth-order valence-corrected chi connectivity index (χ4v) is 2.62. The standard InChI is InChI=1S/C16H11F6NO2/c17-15(18,19)14(16(20,21)22,11-2-1-3-12(23)8-11)10-6-4-9(5-7-10)13(24)25/h1-8H,23H2,(H,24,25). The highest BCUT2D eigenvalue weighted by Crippen LogP contribution is 2.56. The number of carboxylic acid groups (broad SMARTS) is 1. The number of halogens is 6. The number of alkyl halides is 6. The summed E-state index contributed by atoms with van der Waals surface area (Å²) in [7, 11) is 0. The molecule has 0 atom stereocenters. The van der Waals surface area contributed by atoms with Crippen molar-refractivity contribution in [2.24, 2.45) is 0 Å². The number of benzene rings is 2. The van der Waals surface area contributed by atoms with E-state index in [0.29, 0.717) is 36.4 Å². The first-order valence-electron chi connectivity index (χ1n) is 6.74. The Bertz CT molecular complexity index is 766. The fraction of sp³-hybridized carbons (Fsp3) is 0.188. The topological polar surface area (TPSA) is 63.3 Å². The SMILES string of the molecule is Nc1cccc(C(c2ccc(C(=O)O)cc2)(C(F)(F)F)C(F)(F)F)c1. The van der Waals surface area contributed by atoms with Crippen LogP contribution in [0.3, 0.4) is 0 Å². The molecule has 9 heteroatoms. The Morgan fingerprint density at radius 2 is 1.36 bits per heavy atom. The van der Waals surface area contributed by atoms with Gasteiger partial charge in [0.1, 0.15) is 0 Å². The lowest BCUT2D eigenvalue weighted by Crippen LogP contribution is -2.54. The molecule has 2 aromatic rings. The van der Waals surface area contributed by atoms with Gasteiger partial charge < -0.3 is 10.8 Å². The number of nitrogen functional groups attached to an aromatic ring is 1. The molecule has 2 aromatic carbocycles. The predicted octanol–water partition coefficient (Wildman–Crippen LogP) is 4.38. The van der Waals surface area contributed by atoms with Crippen molar-refractivity contribution in [1.82, 2.24) is 0 Å². The maximum Gasteiger partial charge on any atom is 0.411 e. The second-order valence-corrected chi connectivity index (χ2v) is 5.25. The van der Waals surface area contributed by atoms with Gasteiger partial charge in [-0.25, -0.2) is 4.79 Å². The van der Waals surface area contributed by atoms with Crippen molar-refractivity contribution in [1.29, 1.82) is 0 Å². The summed E-state index contributed by atoms with van der Waals surface area (Å²) in [5, 5.41) is 8.79. The summed E-state index contributed by atoms with van der Waals surface area (Å²) in [6.45, 7) is 0. The maximum absolute atomic E-state index is 13.8. The lowest BCUT2D eigenvalue weighted by atomic mass is 9.72. The van der Waals surface area contributed by atoms with Crippen molar-refractivity contribution < 1.29 is 36.2 Å². The average Bonchev–Trinajstić information content (AvgIpc) is 2.45. The zero-order chi connectivity index (χ0) is 19.0. The molecule has 0 aliphatic heterocycles. The van der Waals surface area contributed by atoms with Crippen molar-refractivity contribution in [2.45, 2.75) is 17.8 Å². The molecular weight excluding hydrogens is 352 g/mol. The summed E-state index contributed by atoms with van der Waals surface area (Å²) in [6.07, 6.45) is -11.5. The molecule has 0 bridgehead atoms. The van der Waals surface area contributed by atoms with Crippen LogP contribution in [0, 0.1) is 0 Å². The Kier molecular flexibility index (Phi) is 4.45. The molecule has 25 heavy (non-hydrogen) atoms. The molecule has 0 aliphatic carbocycles. The third kappa shape index (κ3) is 3.01. The molecule has 3 N–H and O–H groups in total. The zero-order valence-corrected chi connectivity index (χ0v) is 12.3. The van der Waals surface area contributed by atoms with E-state index in [2.05, 4.69) is 0 Å². The van der Waals surface area contributed by atoms with Crippen LogP contribution in [0.1, 0.15) is 21.5 Å². The first-order chi connectivity index (χ1) is 11.4. The molecule has 134 valence electrons. The molecule has 0 saturated heterocycles. The monoisotopic (exact) mass is 363 g/mol. The highest BCUT2D eigenvalue weighted by atomic mass is 19.4. The molecule has 0 amide bonds. The van der Waals surface area contributed by atoms with Gasteiger partial charge in [0.2, 0.25) is 5.41 Å². The van der Waals surface area contributed by atoms with E-state index in [1.165, 1.54) is 0 Å². The molecular formula is C16H11F6NO2. The van der Waals surface area contributed by atoms with Crippen LogP contribution in [-0.2, 0) is 5.41 Å². The molecule has 0 heterocycles. The van der Waals surface area contributed by atoms with Crippen molar-refractivity contribution in [3.8, 4) is 0 Å². The number of anilines is 1. The van der Waals surface area contributed by atoms with E-state index in [-0.39, 0.29) is 5.69 Å². The number of aromatic carboxylic acids is 1. The number of hydrogen-bond acceptors (Lipinski definition) is 2. The van der Waals surface area contributed by atoms with Crippen molar-refractivity contribution in [2.75, 3.05) is 5.73 Å².